The largest absolute Gasteiger partial charge is 0.497 e. The molecule has 1 aromatic carbocycles. The molecule has 3 nitrogen and oxygen atoms in total. The fourth-order valence-corrected chi connectivity index (χ4v) is 0.895. The van der Waals surface area contributed by atoms with Crippen LogP contribution in [-0.2, 0) is 0 Å². The minimum absolute atomic E-state index is 0.701. The van der Waals surface area contributed by atoms with Crippen LogP contribution in [0.1, 0.15) is 13.8 Å². The third-order valence-corrected chi connectivity index (χ3v) is 1.53. The molecule has 1 aromatic rings. The SMILES string of the molecule is CC.CNc1ccc(OC)cc1N. The summed E-state index contributed by atoms with van der Waals surface area (Å²) in [5, 5.41) is 2.97. The Hall–Kier alpha value is -1.38. The third-order valence-electron chi connectivity index (χ3n) is 1.53. The minimum atomic E-state index is 0.701. The van der Waals surface area contributed by atoms with Crippen LogP contribution < -0.4 is 15.8 Å². The monoisotopic (exact) mass is 182 g/mol. The molecule has 0 heterocycles. The highest BCUT2D eigenvalue weighted by Crippen LogP contribution is 2.22. The number of anilines is 2. The molecule has 0 saturated heterocycles. The van der Waals surface area contributed by atoms with Crippen molar-refractivity contribution in [2.24, 2.45) is 0 Å². The molecule has 74 valence electrons. The van der Waals surface area contributed by atoms with Gasteiger partial charge in [0.15, 0.2) is 0 Å². The molecule has 0 unspecified atom stereocenters. The molecule has 0 saturated carbocycles. The van der Waals surface area contributed by atoms with Gasteiger partial charge in [0.25, 0.3) is 0 Å². The first kappa shape index (κ1) is 11.6. The summed E-state index contributed by atoms with van der Waals surface area (Å²) in [6.07, 6.45) is 0. The third kappa shape index (κ3) is 3.23. The molecule has 0 fully saturated rings. The number of hydrogen-bond donors (Lipinski definition) is 2. The van der Waals surface area contributed by atoms with Crippen LogP contribution >= 0.6 is 0 Å². The van der Waals surface area contributed by atoms with Crippen molar-refractivity contribution in [2.75, 3.05) is 25.2 Å². The predicted octanol–water partition coefficient (Wildman–Crippen LogP) is 2.35. The average molecular weight is 182 g/mol. The lowest BCUT2D eigenvalue weighted by Gasteiger charge is -2.05. The van der Waals surface area contributed by atoms with Crippen LogP contribution in [0.2, 0.25) is 0 Å². The molecule has 0 radical (unpaired) electrons. The normalized spacial score (nSPS) is 8.31. The Morgan fingerprint density at radius 2 is 1.92 bits per heavy atom. The van der Waals surface area contributed by atoms with Crippen molar-refractivity contribution in [3.8, 4) is 5.75 Å². The van der Waals surface area contributed by atoms with E-state index in [2.05, 4.69) is 5.32 Å². The van der Waals surface area contributed by atoms with Crippen LogP contribution in [-0.4, -0.2) is 14.2 Å². The van der Waals surface area contributed by atoms with Crippen LogP contribution in [0.5, 0.6) is 5.75 Å². The summed E-state index contributed by atoms with van der Waals surface area (Å²) in [5.74, 6) is 0.779. The lowest BCUT2D eigenvalue weighted by atomic mass is 10.2. The Bertz CT molecular complexity index is 249. The second-order valence-electron chi connectivity index (χ2n) is 2.20. The van der Waals surface area contributed by atoms with Gasteiger partial charge >= 0.3 is 0 Å². The number of methoxy groups -OCH3 is 1. The molecule has 0 aliphatic carbocycles. The second-order valence-corrected chi connectivity index (χ2v) is 2.20. The predicted molar refractivity (Wildman–Crippen MR) is 58.3 cm³/mol. The molecule has 0 bridgehead atoms. The molecule has 0 atom stereocenters. The highest BCUT2D eigenvalue weighted by Gasteiger charge is 1.96. The van der Waals surface area contributed by atoms with Crippen LogP contribution in [0.4, 0.5) is 11.4 Å². The van der Waals surface area contributed by atoms with Gasteiger partial charge < -0.3 is 15.8 Å². The molecule has 13 heavy (non-hydrogen) atoms. The van der Waals surface area contributed by atoms with Crippen molar-refractivity contribution in [1.82, 2.24) is 0 Å². The summed E-state index contributed by atoms with van der Waals surface area (Å²) in [7, 11) is 3.45. The van der Waals surface area contributed by atoms with E-state index in [1.165, 1.54) is 0 Å². The first-order chi connectivity index (χ1) is 6.27. The zero-order valence-electron chi connectivity index (χ0n) is 8.72. The van der Waals surface area contributed by atoms with Gasteiger partial charge in [-0.2, -0.15) is 0 Å². The summed E-state index contributed by atoms with van der Waals surface area (Å²) in [6.45, 7) is 4.00. The second kappa shape index (κ2) is 6.17. The highest BCUT2D eigenvalue weighted by atomic mass is 16.5. The van der Waals surface area contributed by atoms with Crippen molar-refractivity contribution in [3.63, 3.8) is 0 Å². The van der Waals surface area contributed by atoms with E-state index in [0.717, 1.165) is 11.4 Å². The molecule has 3 heteroatoms. The van der Waals surface area contributed by atoms with E-state index >= 15 is 0 Å². The van der Waals surface area contributed by atoms with Crippen LogP contribution in [0, 0.1) is 0 Å². The highest BCUT2D eigenvalue weighted by molar-refractivity contribution is 5.67. The maximum absolute atomic E-state index is 5.66. The van der Waals surface area contributed by atoms with Crippen molar-refractivity contribution in [3.05, 3.63) is 18.2 Å². The molecule has 0 amide bonds. The van der Waals surface area contributed by atoms with Gasteiger partial charge in [-0.1, -0.05) is 13.8 Å². The number of hydrogen-bond acceptors (Lipinski definition) is 3. The molecular formula is C10H18N2O. The van der Waals surface area contributed by atoms with E-state index in [9.17, 15) is 0 Å². The topological polar surface area (TPSA) is 47.3 Å². The molecule has 1 rings (SSSR count). The fraction of sp³-hybridized carbons (Fsp3) is 0.400. The van der Waals surface area contributed by atoms with Gasteiger partial charge in [0.1, 0.15) is 5.75 Å². The van der Waals surface area contributed by atoms with Gasteiger partial charge in [0.2, 0.25) is 0 Å². The van der Waals surface area contributed by atoms with Crippen LogP contribution in [0.15, 0.2) is 18.2 Å². The van der Waals surface area contributed by atoms with Gasteiger partial charge in [0.05, 0.1) is 18.5 Å². The molecule has 0 spiro atoms. The summed E-state index contributed by atoms with van der Waals surface area (Å²) in [5.41, 5.74) is 7.29. The number of ether oxygens (including phenoxy) is 1. The van der Waals surface area contributed by atoms with E-state index in [-0.39, 0.29) is 0 Å². The summed E-state index contributed by atoms with van der Waals surface area (Å²) >= 11 is 0. The van der Waals surface area contributed by atoms with Crippen molar-refractivity contribution in [2.45, 2.75) is 13.8 Å². The minimum Gasteiger partial charge on any atom is -0.497 e. The smallest absolute Gasteiger partial charge is 0.121 e. The lowest BCUT2D eigenvalue weighted by Crippen LogP contribution is -1.95. The van der Waals surface area contributed by atoms with E-state index < -0.39 is 0 Å². The van der Waals surface area contributed by atoms with Crippen LogP contribution in [0.25, 0.3) is 0 Å². The summed E-state index contributed by atoms with van der Waals surface area (Å²) < 4.78 is 4.99. The van der Waals surface area contributed by atoms with Gasteiger partial charge in [-0.25, -0.2) is 0 Å². The Morgan fingerprint density at radius 3 is 2.31 bits per heavy atom. The molecule has 3 N–H and O–H groups in total. The molecule has 0 aliphatic rings. The van der Waals surface area contributed by atoms with Gasteiger partial charge in [-0.05, 0) is 12.1 Å². The molecule has 0 aliphatic heterocycles. The van der Waals surface area contributed by atoms with E-state index in [0.29, 0.717) is 5.69 Å². The quantitative estimate of drug-likeness (QED) is 0.690. The lowest BCUT2D eigenvalue weighted by molar-refractivity contribution is 0.415. The molecule has 0 aromatic heterocycles. The maximum atomic E-state index is 5.66. The van der Waals surface area contributed by atoms with Gasteiger partial charge in [-0.3, -0.25) is 0 Å². The van der Waals surface area contributed by atoms with Crippen molar-refractivity contribution in [1.29, 1.82) is 0 Å². The standard InChI is InChI=1S/C8H12N2O.C2H6/c1-10-8-4-3-6(11-2)5-7(8)9;1-2/h3-5,10H,9H2,1-2H3;1-2H3. The van der Waals surface area contributed by atoms with E-state index in [1.807, 2.05) is 33.0 Å². The van der Waals surface area contributed by atoms with Crippen molar-refractivity contribution >= 4 is 11.4 Å². The van der Waals surface area contributed by atoms with Gasteiger partial charge in [0, 0.05) is 13.1 Å². The van der Waals surface area contributed by atoms with E-state index in [1.54, 1.807) is 13.2 Å². The van der Waals surface area contributed by atoms with E-state index in [4.69, 9.17) is 10.5 Å². The first-order valence-electron chi connectivity index (χ1n) is 4.39. The number of nitrogens with two attached hydrogens (primary N) is 1. The maximum Gasteiger partial charge on any atom is 0.121 e. The Labute approximate surface area is 79.9 Å². The summed E-state index contributed by atoms with van der Waals surface area (Å²) in [6, 6.07) is 5.53. The first-order valence-corrected chi connectivity index (χ1v) is 4.39. The van der Waals surface area contributed by atoms with Crippen LogP contribution in [0.3, 0.4) is 0 Å². The zero-order chi connectivity index (χ0) is 10.3. The Morgan fingerprint density at radius 1 is 1.31 bits per heavy atom. The Kier molecular flexibility index (Phi) is 5.52. The van der Waals surface area contributed by atoms with Gasteiger partial charge in [-0.15, -0.1) is 0 Å². The number of nitrogen functional groups attached to an aromatic ring is 1. The number of rotatable bonds is 2. The Balaban J connectivity index is 0.000000671. The van der Waals surface area contributed by atoms with Crippen molar-refractivity contribution < 1.29 is 4.74 Å². The number of nitrogens with one attached hydrogen (secondary N) is 1. The average Bonchev–Trinajstić information content (AvgIpc) is 2.20. The summed E-state index contributed by atoms with van der Waals surface area (Å²) in [4.78, 5) is 0. The fourth-order valence-electron chi connectivity index (χ4n) is 0.895. The number of benzene rings is 1. The zero-order valence-corrected chi connectivity index (χ0v) is 8.72. The molecular weight excluding hydrogens is 164 g/mol.